The molecule has 116 valence electrons. The van der Waals surface area contributed by atoms with Crippen LogP contribution in [0.3, 0.4) is 0 Å². The largest absolute Gasteiger partial charge is 0.342 e. The summed E-state index contributed by atoms with van der Waals surface area (Å²) in [7, 11) is 0. The maximum atomic E-state index is 13.1. The number of alkyl halides is 1. The average molecular weight is 344 g/mol. The van der Waals surface area contributed by atoms with Crippen molar-refractivity contribution in [3.8, 4) is 0 Å². The second-order valence-electron chi connectivity index (χ2n) is 7.32. The molecule has 1 saturated heterocycles. The Hall–Kier alpha value is -0.0500. The summed E-state index contributed by atoms with van der Waals surface area (Å²) in [4.78, 5) is 15.3. The molecule has 0 aromatic rings. The summed E-state index contributed by atoms with van der Waals surface area (Å²) in [6, 6.07) is 0. The Labute approximate surface area is 132 Å². The summed E-state index contributed by atoms with van der Waals surface area (Å²) >= 11 is 3.55. The van der Waals surface area contributed by atoms with Gasteiger partial charge in [0.15, 0.2) is 0 Å². The molecule has 0 N–H and O–H groups in total. The molecule has 1 aliphatic heterocycles. The van der Waals surface area contributed by atoms with Gasteiger partial charge in [-0.15, -0.1) is 0 Å². The highest BCUT2D eigenvalue weighted by Gasteiger charge is 2.44. The highest BCUT2D eigenvalue weighted by molar-refractivity contribution is 9.09. The van der Waals surface area contributed by atoms with Crippen LogP contribution < -0.4 is 0 Å². The summed E-state index contributed by atoms with van der Waals surface area (Å²) in [5, 5.41) is 1.07. The second-order valence-corrected chi connectivity index (χ2v) is 8.12. The van der Waals surface area contributed by atoms with Crippen LogP contribution in [-0.4, -0.2) is 29.2 Å². The molecule has 1 atom stereocenters. The molecule has 2 aliphatic rings. The number of hydrogen-bond acceptors (Lipinski definition) is 1. The highest BCUT2D eigenvalue weighted by Crippen LogP contribution is 2.45. The van der Waals surface area contributed by atoms with Crippen molar-refractivity contribution < 1.29 is 4.79 Å². The van der Waals surface area contributed by atoms with Crippen LogP contribution >= 0.6 is 15.9 Å². The molecule has 3 heteroatoms. The van der Waals surface area contributed by atoms with E-state index in [2.05, 4.69) is 34.7 Å². The summed E-state index contributed by atoms with van der Waals surface area (Å²) in [5.74, 6) is 1.83. The third-order valence-electron chi connectivity index (χ3n) is 5.14. The van der Waals surface area contributed by atoms with Crippen LogP contribution in [0.25, 0.3) is 0 Å². The van der Waals surface area contributed by atoms with E-state index < -0.39 is 0 Å². The Kier molecular flexibility index (Phi) is 5.95. The van der Waals surface area contributed by atoms with E-state index in [4.69, 9.17) is 0 Å². The maximum absolute atomic E-state index is 13.1. The van der Waals surface area contributed by atoms with E-state index in [0.717, 1.165) is 37.7 Å². The lowest BCUT2D eigenvalue weighted by atomic mass is 9.76. The van der Waals surface area contributed by atoms with Gasteiger partial charge in [0.1, 0.15) is 0 Å². The SMILES string of the molecule is CC(C)CC1(C(=O)N2CCCC(CCBr)C2)CCCC1. The predicted molar refractivity (Wildman–Crippen MR) is 88.1 cm³/mol. The molecule has 1 amide bonds. The molecular formula is C17H30BrNO. The van der Waals surface area contributed by atoms with Gasteiger partial charge in [0, 0.05) is 23.8 Å². The van der Waals surface area contributed by atoms with Gasteiger partial charge in [-0.05, 0) is 50.4 Å². The lowest BCUT2D eigenvalue weighted by molar-refractivity contribution is -0.145. The molecular weight excluding hydrogens is 314 g/mol. The van der Waals surface area contributed by atoms with Crippen LogP contribution in [0.5, 0.6) is 0 Å². The number of carbonyl (C=O) groups is 1. The molecule has 0 bridgehead atoms. The van der Waals surface area contributed by atoms with Gasteiger partial charge in [-0.3, -0.25) is 4.79 Å². The number of hydrogen-bond donors (Lipinski definition) is 0. The summed E-state index contributed by atoms with van der Waals surface area (Å²) in [6.45, 7) is 6.52. The molecule has 1 aliphatic carbocycles. The minimum absolute atomic E-state index is 0.00947. The predicted octanol–water partition coefficient (Wildman–Crippen LogP) is 4.62. The molecule has 1 saturated carbocycles. The van der Waals surface area contributed by atoms with Crippen LogP contribution in [-0.2, 0) is 4.79 Å². The van der Waals surface area contributed by atoms with Crippen molar-refractivity contribution in [1.29, 1.82) is 0 Å². The molecule has 1 heterocycles. The van der Waals surface area contributed by atoms with Gasteiger partial charge in [-0.25, -0.2) is 0 Å². The molecule has 0 spiro atoms. The fourth-order valence-corrected chi connectivity index (χ4v) is 4.96. The Morgan fingerprint density at radius 2 is 2.00 bits per heavy atom. The molecule has 1 unspecified atom stereocenters. The minimum Gasteiger partial charge on any atom is -0.342 e. The van der Waals surface area contributed by atoms with Crippen molar-refractivity contribution in [2.24, 2.45) is 17.3 Å². The number of halogens is 1. The molecule has 0 aromatic heterocycles. The van der Waals surface area contributed by atoms with Crippen LogP contribution in [0, 0.1) is 17.3 Å². The van der Waals surface area contributed by atoms with Crippen LogP contribution in [0.2, 0.25) is 0 Å². The van der Waals surface area contributed by atoms with E-state index in [-0.39, 0.29) is 5.41 Å². The zero-order chi connectivity index (χ0) is 14.6. The molecule has 2 fully saturated rings. The normalized spacial score (nSPS) is 26.2. The topological polar surface area (TPSA) is 20.3 Å². The Morgan fingerprint density at radius 1 is 1.30 bits per heavy atom. The number of rotatable bonds is 5. The summed E-state index contributed by atoms with van der Waals surface area (Å²) in [6.07, 6.45) is 9.54. The first-order valence-corrected chi connectivity index (χ1v) is 9.55. The van der Waals surface area contributed by atoms with E-state index in [0.29, 0.717) is 17.7 Å². The van der Waals surface area contributed by atoms with Gasteiger partial charge in [0.25, 0.3) is 0 Å². The number of piperidine rings is 1. The van der Waals surface area contributed by atoms with Crippen molar-refractivity contribution in [1.82, 2.24) is 4.90 Å². The number of nitrogens with zero attached hydrogens (tertiary/aromatic N) is 1. The molecule has 20 heavy (non-hydrogen) atoms. The summed E-state index contributed by atoms with van der Waals surface area (Å²) < 4.78 is 0. The van der Waals surface area contributed by atoms with E-state index >= 15 is 0 Å². The number of likely N-dealkylation sites (tertiary alicyclic amines) is 1. The van der Waals surface area contributed by atoms with Crippen molar-refractivity contribution >= 4 is 21.8 Å². The first-order valence-electron chi connectivity index (χ1n) is 8.43. The van der Waals surface area contributed by atoms with Gasteiger partial charge >= 0.3 is 0 Å². The Bertz CT molecular complexity index is 321. The fraction of sp³-hybridized carbons (Fsp3) is 0.941. The smallest absolute Gasteiger partial charge is 0.228 e. The maximum Gasteiger partial charge on any atom is 0.228 e. The van der Waals surface area contributed by atoms with Gasteiger partial charge < -0.3 is 4.90 Å². The first-order chi connectivity index (χ1) is 9.57. The van der Waals surface area contributed by atoms with Gasteiger partial charge in [-0.2, -0.15) is 0 Å². The molecule has 2 nitrogen and oxygen atoms in total. The van der Waals surface area contributed by atoms with Gasteiger partial charge in [0.05, 0.1) is 0 Å². The highest BCUT2D eigenvalue weighted by atomic mass is 79.9. The van der Waals surface area contributed by atoms with Crippen molar-refractivity contribution in [3.63, 3.8) is 0 Å². The average Bonchev–Trinajstić information content (AvgIpc) is 2.87. The van der Waals surface area contributed by atoms with Crippen molar-refractivity contribution in [2.75, 3.05) is 18.4 Å². The number of amides is 1. The molecule has 0 radical (unpaired) electrons. The van der Waals surface area contributed by atoms with Gasteiger partial charge in [-0.1, -0.05) is 42.6 Å². The van der Waals surface area contributed by atoms with Crippen LogP contribution in [0.4, 0.5) is 0 Å². The lowest BCUT2D eigenvalue weighted by Gasteiger charge is -2.40. The monoisotopic (exact) mass is 343 g/mol. The lowest BCUT2D eigenvalue weighted by Crippen LogP contribution is -2.47. The third kappa shape index (κ3) is 3.78. The summed E-state index contributed by atoms with van der Waals surface area (Å²) in [5.41, 5.74) is -0.00947. The van der Waals surface area contributed by atoms with Crippen LogP contribution in [0.1, 0.15) is 65.2 Å². The van der Waals surface area contributed by atoms with Crippen molar-refractivity contribution in [2.45, 2.75) is 65.2 Å². The van der Waals surface area contributed by atoms with Crippen LogP contribution in [0.15, 0.2) is 0 Å². The third-order valence-corrected chi connectivity index (χ3v) is 5.59. The van der Waals surface area contributed by atoms with E-state index in [1.165, 1.54) is 32.1 Å². The Morgan fingerprint density at radius 3 is 2.60 bits per heavy atom. The van der Waals surface area contributed by atoms with Gasteiger partial charge in [0.2, 0.25) is 5.91 Å². The molecule has 0 aromatic carbocycles. The standard InChI is InChI=1S/C17H30BrNO/c1-14(2)12-17(8-3-4-9-17)16(20)19-11-5-6-15(13-19)7-10-18/h14-15H,3-13H2,1-2H3. The second kappa shape index (κ2) is 7.29. The van der Waals surface area contributed by atoms with E-state index in [1.54, 1.807) is 0 Å². The first kappa shape index (κ1) is 16.3. The zero-order valence-corrected chi connectivity index (χ0v) is 14.8. The fourth-order valence-electron chi connectivity index (χ4n) is 4.31. The Balaban J connectivity index is 2.03. The number of carbonyl (C=O) groups excluding carboxylic acids is 1. The minimum atomic E-state index is -0.00947. The molecule has 2 rings (SSSR count). The van der Waals surface area contributed by atoms with E-state index in [9.17, 15) is 4.79 Å². The zero-order valence-electron chi connectivity index (χ0n) is 13.2. The van der Waals surface area contributed by atoms with E-state index in [1.807, 2.05) is 0 Å². The van der Waals surface area contributed by atoms with Crippen molar-refractivity contribution in [3.05, 3.63) is 0 Å². The quantitative estimate of drug-likeness (QED) is 0.667.